The van der Waals surface area contributed by atoms with Crippen LogP contribution in [0.4, 0.5) is 0 Å². The number of esters is 1. The summed E-state index contributed by atoms with van der Waals surface area (Å²) in [6, 6.07) is 9.10. The number of hydrogen-bond acceptors (Lipinski definition) is 5. The molecule has 1 unspecified atom stereocenters. The van der Waals surface area contributed by atoms with Crippen LogP contribution in [-0.2, 0) is 9.53 Å². The SMILES string of the molecule is C=CCNC(=O)C(C)OC(=O)c1ccc2c(c1Cl)C(=O)c1ccccc1C2=O. The van der Waals surface area contributed by atoms with Gasteiger partial charge in [-0.05, 0) is 19.1 Å². The van der Waals surface area contributed by atoms with Crippen LogP contribution in [0.3, 0.4) is 0 Å². The van der Waals surface area contributed by atoms with E-state index in [9.17, 15) is 19.2 Å². The van der Waals surface area contributed by atoms with Gasteiger partial charge in [0.25, 0.3) is 5.91 Å². The third-order valence-electron chi connectivity index (χ3n) is 4.32. The molecule has 1 atom stereocenters. The average Bonchev–Trinajstić information content (AvgIpc) is 2.69. The second-order valence-electron chi connectivity index (χ2n) is 6.13. The molecule has 0 bridgehead atoms. The van der Waals surface area contributed by atoms with E-state index in [0.717, 1.165) is 0 Å². The Labute approximate surface area is 166 Å². The highest BCUT2D eigenvalue weighted by Crippen LogP contribution is 2.34. The van der Waals surface area contributed by atoms with Crippen LogP contribution in [0.25, 0.3) is 0 Å². The first-order valence-corrected chi connectivity index (χ1v) is 8.85. The van der Waals surface area contributed by atoms with E-state index >= 15 is 0 Å². The number of ether oxygens (including phenoxy) is 1. The van der Waals surface area contributed by atoms with Crippen molar-refractivity contribution in [3.8, 4) is 0 Å². The van der Waals surface area contributed by atoms with Crippen LogP contribution in [0.2, 0.25) is 5.02 Å². The lowest BCUT2D eigenvalue weighted by molar-refractivity contribution is -0.128. The molecule has 142 valence electrons. The molecule has 2 aromatic carbocycles. The lowest BCUT2D eigenvalue weighted by Gasteiger charge is -2.20. The monoisotopic (exact) mass is 397 g/mol. The van der Waals surface area contributed by atoms with Gasteiger partial charge in [0, 0.05) is 23.2 Å². The van der Waals surface area contributed by atoms with Gasteiger partial charge in [-0.1, -0.05) is 41.9 Å². The molecule has 0 radical (unpaired) electrons. The van der Waals surface area contributed by atoms with E-state index in [2.05, 4.69) is 11.9 Å². The van der Waals surface area contributed by atoms with E-state index < -0.39 is 23.8 Å². The second-order valence-corrected chi connectivity index (χ2v) is 6.51. The van der Waals surface area contributed by atoms with Crippen LogP contribution in [0.5, 0.6) is 0 Å². The molecule has 28 heavy (non-hydrogen) atoms. The molecule has 0 aliphatic heterocycles. The van der Waals surface area contributed by atoms with Gasteiger partial charge in [-0.15, -0.1) is 6.58 Å². The molecule has 0 aromatic heterocycles. The summed E-state index contributed by atoms with van der Waals surface area (Å²) < 4.78 is 5.13. The van der Waals surface area contributed by atoms with Crippen LogP contribution in [0, 0.1) is 0 Å². The first-order valence-electron chi connectivity index (χ1n) is 8.47. The Morgan fingerprint density at radius 1 is 1.11 bits per heavy atom. The maximum atomic E-state index is 12.8. The number of ketones is 2. The van der Waals surface area contributed by atoms with E-state index in [1.807, 2.05) is 0 Å². The van der Waals surface area contributed by atoms with Gasteiger partial charge in [0.1, 0.15) is 0 Å². The van der Waals surface area contributed by atoms with Crippen molar-refractivity contribution in [1.29, 1.82) is 0 Å². The summed E-state index contributed by atoms with van der Waals surface area (Å²) in [4.78, 5) is 49.8. The maximum absolute atomic E-state index is 12.8. The molecular formula is C21H16ClNO5. The Morgan fingerprint density at radius 2 is 1.75 bits per heavy atom. The fourth-order valence-corrected chi connectivity index (χ4v) is 3.23. The molecule has 0 spiro atoms. The zero-order valence-electron chi connectivity index (χ0n) is 15.0. The summed E-state index contributed by atoms with van der Waals surface area (Å²) in [5.74, 6) is -2.15. The van der Waals surface area contributed by atoms with E-state index in [1.54, 1.807) is 18.2 Å². The molecule has 1 N–H and O–H groups in total. The van der Waals surface area contributed by atoms with Gasteiger partial charge in [0.05, 0.1) is 16.1 Å². The number of hydrogen-bond donors (Lipinski definition) is 1. The van der Waals surface area contributed by atoms with Crippen molar-refractivity contribution in [2.45, 2.75) is 13.0 Å². The number of carbonyl (C=O) groups excluding carboxylic acids is 4. The van der Waals surface area contributed by atoms with Gasteiger partial charge in [0.2, 0.25) is 0 Å². The first-order chi connectivity index (χ1) is 13.4. The van der Waals surface area contributed by atoms with Gasteiger partial charge in [-0.2, -0.15) is 0 Å². The zero-order valence-corrected chi connectivity index (χ0v) is 15.7. The lowest BCUT2D eigenvalue weighted by atomic mass is 9.83. The Morgan fingerprint density at radius 3 is 2.39 bits per heavy atom. The Bertz CT molecular complexity index is 1030. The van der Waals surface area contributed by atoms with E-state index in [-0.39, 0.29) is 39.6 Å². The standard InChI is InChI=1S/C21H16ClNO5/c1-3-10-23-20(26)11(2)28-21(27)15-9-8-14-16(17(15)22)19(25)13-7-5-4-6-12(13)18(14)24/h3-9,11H,1,10H2,2H3,(H,23,26). The highest BCUT2D eigenvalue weighted by molar-refractivity contribution is 6.41. The van der Waals surface area contributed by atoms with Crippen molar-refractivity contribution in [2.24, 2.45) is 0 Å². The van der Waals surface area contributed by atoms with E-state index in [4.69, 9.17) is 16.3 Å². The van der Waals surface area contributed by atoms with Gasteiger partial charge in [-0.25, -0.2) is 4.79 Å². The molecule has 2 aromatic rings. The van der Waals surface area contributed by atoms with Crippen LogP contribution < -0.4 is 5.32 Å². The predicted molar refractivity (Wildman–Crippen MR) is 103 cm³/mol. The molecule has 3 rings (SSSR count). The fourth-order valence-electron chi connectivity index (χ4n) is 2.90. The van der Waals surface area contributed by atoms with Crippen LogP contribution >= 0.6 is 11.6 Å². The number of benzene rings is 2. The van der Waals surface area contributed by atoms with Crippen molar-refractivity contribution in [2.75, 3.05) is 6.54 Å². The number of rotatable bonds is 5. The molecule has 0 heterocycles. The lowest BCUT2D eigenvalue weighted by Crippen LogP contribution is -2.36. The molecule has 1 aliphatic rings. The van der Waals surface area contributed by atoms with Crippen molar-refractivity contribution < 1.29 is 23.9 Å². The smallest absolute Gasteiger partial charge is 0.340 e. The van der Waals surface area contributed by atoms with Crippen LogP contribution in [0.15, 0.2) is 49.1 Å². The Hall–Kier alpha value is -3.25. The molecule has 1 aliphatic carbocycles. The molecule has 0 saturated heterocycles. The largest absolute Gasteiger partial charge is 0.449 e. The second kappa shape index (κ2) is 7.78. The number of carbonyl (C=O) groups is 4. The minimum absolute atomic E-state index is 0.0384. The summed E-state index contributed by atoms with van der Waals surface area (Å²) in [6.07, 6.45) is 0.422. The topological polar surface area (TPSA) is 89.5 Å². The van der Waals surface area contributed by atoms with Crippen molar-refractivity contribution >= 4 is 35.0 Å². The van der Waals surface area contributed by atoms with Crippen LogP contribution in [-0.4, -0.2) is 36.1 Å². The number of halogens is 1. The summed E-state index contributed by atoms with van der Waals surface area (Å²) in [5.41, 5.74) is 0.512. The molecule has 6 nitrogen and oxygen atoms in total. The Balaban J connectivity index is 1.93. The summed E-state index contributed by atoms with van der Waals surface area (Å²) in [5, 5.41) is 2.34. The van der Waals surface area contributed by atoms with E-state index in [0.29, 0.717) is 5.56 Å². The third-order valence-corrected chi connectivity index (χ3v) is 4.72. The van der Waals surface area contributed by atoms with Gasteiger partial charge in [0.15, 0.2) is 17.7 Å². The summed E-state index contributed by atoms with van der Waals surface area (Å²) >= 11 is 6.31. The minimum atomic E-state index is -1.07. The molecule has 1 amide bonds. The van der Waals surface area contributed by atoms with Crippen molar-refractivity contribution in [1.82, 2.24) is 5.32 Å². The first kappa shape index (κ1) is 19.5. The van der Waals surface area contributed by atoms with Gasteiger partial charge >= 0.3 is 5.97 Å². The van der Waals surface area contributed by atoms with Gasteiger partial charge in [-0.3, -0.25) is 14.4 Å². The van der Waals surface area contributed by atoms with Gasteiger partial charge < -0.3 is 10.1 Å². The fraction of sp³-hybridized carbons (Fsp3) is 0.143. The van der Waals surface area contributed by atoms with Crippen molar-refractivity contribution in [3.63, 3.8) is 0 Å². The average molecular weight is 398 g/mol. The van der Waals surface area contributed by atoms with Crippen LogP contribution in [0.1, 0.15) is 49.1 Å². The molecular weight excluding hydrogens is 382 g/mol. The number of amides is 1. The van der Waals surface area contributed by atoms with E-state index in [1.165, 1.54) is 31.2 Å². The normalized spacial score (nSPS) is 13.2. The quantitative estimate of drug-likeness (QED) is 0.528. The molecule has 7 heteroatoms. The molecule has 0 saturated carbocycles. The summed E-state index contributed by atoms with van der Waals surface area (Å²) in [6.45, 7) is 5.13. The van der Waals surface area contributed by atoms with Crippen molar-refractivity contribution in [3.05, 3.63) is 81.9 Å². The number of nitrogens with one attached hydrogen (secondary N) is 1. The maximum Gasteiger partial charge on any atom is 0.340 e. The highest BCUT2D eigenvalue weighted by Gasteiger charge is 2.33. The highest BCUT2D eigenvalue weighted by atomic mass is 35.5. The Kier molecular flexibility index (Phi) is 5.42. The molecule has 0 fully saturated rings. The third kappa shape index (κ3) is 3.34. The summed E-state index contributed by atoms with van der Waals surface area (Å²) in [7, 11) is 0. The predicted octanol–water partition coefficient (Wildman–Crippen LogP) is 2.96. The zero-order chi connectivity index (χ0) is 20.4. The number of fused-ring (bicyclic) bond motifs is 2. The minimum Gasteiger partial charge on any atom is -0.449 e.